The van der Waals surface area contributed by atoms with Gasteiger partial charge in [-0.1, -0.05) is 31.2 Å². The number of halogens is 3. The summed E-state index contributed by atoms with van der Waals surface area (Å²) in [6, 6.07) is 11.4. The van der Waals surface area contributed by atoms with E-state index in [-0.39, 0.29) is 11.6 Å². The second kappa shape index (κ2) is 7.07. The third-order valence-corrected chi connectivity index (χ3v) is 3.81. The molecule has 0 bridgehead atoms. The lowest BCUT2D eigenvalue weighted by Crippen LogP contribution is -2.23. The van der Waals surface area contributed by atoms with Crippen LogP contribution in [0.1, 0.15) is 18.9 Å². The molecule has 0 radical (unpaired) electrons. The quantitative estimate of drug-likeness (QED) is 0.678. The lowest BCUT2D eigenvalue weighted by molar-refractivity contribution is -0.136. The van der Waals surface area contributed by atoms with Crippen LogP contribution in [0.2, 0.25) is 0 Å². The van der Waals surface area contributed by atoms with Crippen LogP contribution in [0.4, 0.5) is 29.6 Å². The molecule has 8 heteroatoms. The van der Waals surface area contributed by atoms with Gasteiger partial charge in [-0.25, -0.2) is 9.78 Å². The number of para-hydroxylation sites is 3. The normalized spacial score (nSPS) is 11.5. The molecule has 1 heterocycles. The minimum Gasteiger partial charge on any atom is -0.310 e. The Balaban J connectivity index is 1.86. The number of aromatic nitrogens is 2. The molecule has 26 heavy (non-hydrogen) atoms. The van der Waals surface area contributed by atoms with Crippen LogP contribution >= 0.6 is 0 Å². The monoisotopic (exact) mass is 362 g/mol. The number of carbonyl (C=O) groups excluding carboxylic acids is 1. The minimum atomic E-state index is -4.56. The maximum atomic E-state index is 13.0. The van der Waals surface area contributed by atoms with Gasteiger partial charge in [0.25, 0.3) is 0 Å². The van der Waals surface area contributed by atoms with Crippen molar-refractivity contribution in [1.82, 2.24) is 9.55 Å². The largest absolute Gasteiger partial charge is 0.418 e. The van der Waals surface area contributed by atoms with Crippen molar-refractivity contribution < 1.29 is 18.0 Å². The Morgan fingerprint density at radius 3 is 2.50 bits per heavy atom. The number of rotatable bonds is 4. The molecular weight excluding hydrogens is 345 g/mol. The summed E-state index contributed by atoms with van der Waals surface area (Å²) in [5, 5.41) is 4.80. The first-order chi connectivity index (χ1) is 12.4. The maximum absolute atomic E-state index is 13.0. The van der Waals surface area contributed by atoms with E-state index in [1.807, 2.05) is 35.8 Å². The molecule has 0 spiro atoms. The molecule has 0 unspecified atom stereocenters. The van der Waals surface area contributed by atoms with Gasteiger partial charge in [-0.15, -0.1) is 0 Å². The summed E-state index contributed by atoms with van der Waals surface area (Å²) in [7, 11) is 0. The van der Waals surface area contributed by atoms with E-state index >= 15 is 0 Å². The Morgan fingerprint density at radius 2 is 1.77 bits per heavy atom. The van der Waals surface area contributed by atoms with E-state index in [1.165, 1.54) is 18.2 Å². The van der Waals surface area contributed by atoms with Crippen LogP contribution in [0.5, 0.6) is 0 Å². The fourth-order valence-electron chi connectivity index (χ4n) is 2.72. The fraction of sp³-hybridized carbons (Fsp3) is 0.222. The van der Waals surface area contributed by atoms with Gasteiger partial charge in [0.05, 0.1) is 22.3 Å². The Bertz CT molecular complexity index is 934. The van der Waals surface area contributed by atoms with Gasteiger partial charge in [0, 0.05) is 6.54 Å². The molecule has 2 aromatic carbocycles. The molecule has 1 aromatic heterocycles. The Hall–Kier alpha value is -3.03. The van der Waals surface area contributed by atoms with Gasteiger partial charge < -0.3 is 9.88 Å². The van der Waals surface area contributed by atoms with Crippen molar-refractivity contribution in [1.29, 1.82) is 0 Å². The number of benzene rings is 2. The van der Waals surface area contributed by atoms with Crippen molar-refractivity contribution >= 4 is 28.7 Å². The molecule has 136 valence electrons. The smallest absolute Gasteiger partial charge is 0.310 e. The first-order valence-corrected chi connectivity index (χ1v) is 8.09. The highest BCUT2D eigenvalue weighted by molar-refractivity contribution is 6.00. The SMILES string of the molecule is CCCn1c(NC(=O)Nc2ccccc2C(F)(F)F)nc2ccccc21. The van der Waals surface area contributed by atoms with E-state index in [2.05, 4.69) is 15.6 Å². The Morgan fingerprint density at radius 1 is 1.08 bits per heavy atom. The molecule has 2 amide bonds. The van der Waals surface area contributed by atoms with Crippen LogP contribution in [0.15, 0.2) is 48.5 Å². The number of nitrogens with one attached hydrogen (secondary N) is 2. The average molecular weight is 362 g/mol. The summed E-state index contributed by atoms with van der Waals surface area (Å²) in [4.78, 5) is 16.6. The van der Waals surface area contributed by atoms with Crippen molar-refractivity contribution in [3.63, 3.8) is 0 Å². The summed E-state index contributed by atoms with van der Waals surface area (Å²) in [6.45, 7) is 2.60. The van der Waals surface area contributed by atoms with Gasteiger partial charge in [0.15, 0.2) is 0 Å². The van der Waals surface area contributed by atoms with Crippen molar-refractivity contribution in [3.05, 3.63) is 54.1 Å². The van der Waals surface area contributed by atoms with Crippen molar-refractivity contribution in [3.8, 4) is 0 Å². The lowest BCUT2D eigenvalue weighted by atomic mass is 10.1. The number of nitrogens with zero attached hydrogens (tertiary/aromatic N) is 2. The van der Waals surface area contributed by atoms with Crippen molar-refractivity contribution in [2.75, 3.05) is 10.6 Å². The van der Waals surface area contributed by atoms with Gasteiger partial charge >= 0.3 is 12.2 Å². The van der Waals surface area contributed by atoms with Crippen LogP contribution < -0.4 is 10.6 Å². The van der Waals surface area contributed by atoms with E-state index in [4.69, 9.17) is 0 Å². The zero-order valence-electron chi connectivity index (χ0n) is 14.0. The van der Waals surface area contributed by atoms with Crippen LogP contribution in [0.25, 0.3) is 11.0 Å². The number of aryl methyl sites for hydroxylation is 1. The molecular formula is C18H17F3N4O. The molecule has 0 atom stereocenters. The van der Waals surface area contributed by atoms with Gasteiger partial charge in [-0.3, -0.25) is 5.32 Å². The number of hydrogen-bond acceptors (Lipinski definition) is 2. The summed E-state index contributed by atoms with van der Waals surface area (Å²) in [6.07, 6.45) is -3.74. The predicted molar refractivity (Wildman–Crippen MR) is 94.1 cm³/mol. The number of carbonyl (C=O) groups is 1. The molecule has 0 aliphatic heterocycles. The van der Waals surface area contributed by atoms with Gasteiger partial charge in [-0.2, -0.15) is 13.2 Å². The van der Waals surface area contributed by atoms with E-state index in [1.54, 1.807) is 0 Å². The molecule has 3 aromatic rings. The van der Waals surface area contributed by atoms with Gasteiger partial charge in [0.1, 0.15) is 0 Å². The zero-order chi connectivity index (χ0) is 18.7. The van der Waals surface area contributed by atoms with Crippen molar-refractivity contribution in [2.45, 2.75) is 26.1 Å². The Labute approximate surface area is 147 Å². The second-order valence-electron chi connectivity index (χ2n) is 5.70. The number of fused-ring (bicyclic) bond motifs is 1. The number of anilines is 2. The standard InChI is InChI=1S/C18H17F3N4O/c1-2-11-25-15-10-6-5-9-14(15)22-16(25)24-17(26)23-13-8-4-3-7-12(13)18(19,20)21/h3-10H,2,11H2,1H3,(H2,22,23,24,26). The highest BCUT2D eigenvalue weighted by atomic mass is 19.4. The summed E-state index contributed by atoms with van der Waals surface area (Å²) in [5.74, 6) is 0.287. The van der Waals surface area contributed by atoms with Crippen LogP contribution in [0.3, 0.4) is 0 Å². The number of amides is 2. The summed E-state index contributed by atoms with van der Waals surface area (Å²) in [5.41, 5.74) is 0.333. The van der Waals surface area contributed by atoms with E-state index in [9.17, 15) is 18.0 Å². The number of urea groups is 1. The molecule has 0 aliphatic carbocycles. The van der Waals surface area contributed by atoms with E-state index in [0.717, 1.165) is 18.0 Å². The number of alkyl halides is 3. The summed E-state index contributed by atoms with van der Waals surface area (Å²) >= 11 is 0. The summed E-state index contributed by atoms with van der Waals surface area (Å²) < 4.78 is 40.9. The second-order valence-corrected chi connectivity index (χ2v) is 5.70. The van der Waals surface area contributed by atoms with Crippen LogP contribution in [-0.4, -0.2) is 15.6 Å². The van der Waals surface area contributed by atoms with Gasteiger partial charge in [0.2, 0.25) is 5.95 Å². The third kappa shape index (κ3) is 3.63. The van der Waals surface area contributed by atoms with Crippen LogP contribution in [0, 0.1) is 0 Å². The van der Waals surface area contributed by atoms with Crippen LogP contribution in [-0.2, 0) is 12.7 Å². The molecule has 0 saturated carbocycles. The minimum absolute atomic E-state index is 0.287. The average Bonchev–Trinajstić information content (AvgIpc) is 2.92. The predicted octanol–water partition coefficient (Wildman–Crippen LogP) is 5.11. The topological polar surface area (TPSA) is 59.0 Å². The number of imidazole rings is 1. The third-order valence-electron chi connectivity index (χ3n) is 3.81. The number of hydrogen-bond donors (Lipinski definition) is 2. The first-order valence-electron chi connectivity index (χ1n) is 8.09. The molecule has 3 rings (SSSR count). The highest BCUT2D eigenvalue weighted by Gasteiger charge is 2.33. The Kier molecular flexibility index (Phi) is 4.83. The molecule has 0 aliphatic rings. The molecule has 2 N–H and O–H groups in total. The van der Waals surface area contributed by atoms with E-state index < -0.39 is 17.8 Å². The maximum Gasteiger partial charge on any atom is 0.418 e. The highest BCUT2D eigenvalue weighted by Crippen LogP contribution is 2.34. The fourth-order valence-corrected chi connectivity index (χ4v) is 2.72. The first kappa shape index (κ1) is 17.8. The molecule has 0 saturated heterocycles. The zero-order valence-corrected chi connectivity index (χ0v) is 14.0. The molecule has 0 fully saturated rings. The molecule has 5 nitrogen and oxygen atoms in total. The lowest BCUT2D eigenvalue weighted by Gasteiger charge is -2.14. The van der Waals surface area contributed by atoms with Crippen molar-refractivity contribution in [2.24, 2.45) is 0 Å². The van der Waals surface area contributed by atoms with Gasteiger partial charge in [-0.05, 0) is 30.7 Å². The van der Waals surface area contributed by atoms with E-state index in [0.29, 0.717) is 12.1 Å².